The molecule has 1 aromatic carbocycles. The van der Waals surface area contributed by atoms with Crippen molar-refractivity contribution >= 4 is 0 Å². The van der Waals surface area contributed by atoms with E-state index in [0.29, 0.717) is 0 Å². The minimum atomic E-state index is 1.05. The third-order valence-corrected chi connectivity index (χ3v) is 3.43. The van der Waals surface area contributed by atoms with Gasteiger partial charge in [-0.2, -0.15) is 0 Å². The molecule has 0 heterocycles. The first-order valence-corrected chi connectivity index (χ1v) is 7.48. The maximum atomic E-state index is 5.36. The number of allylic oxidation sites excluding steroid dienone is 1. The Morgan fingerprint density at radius 2 is 1.39 bits per heavy atom. The SMILES string of the molecule is [CH]=CCCCCCc1ccc(CCCCC)cc1. The summed E-state index contributed by atoms with van der Waals surface area (Å²) in [5, 5.41) is 0. The van der Waals surface area contributed by atoms with Crippen molar-refractivity contribution in [3.05, 3.63) is 48.0 Å². The zero-order valence-electron chi connectivity index (χ0n) is 11.8. The van der Waals surface area contributed by atoms with E-state index in [1.165, 1.54) is 62.5 Å². The van der Waals surface area contributed by atoms with Gasteiger partial charge in [0.05, 0.1) is 0 Å². The third-order valence-electron chi connectivity index (χ3n) is 3.43. The maximum absolute atomic E-state index is 5.36. The van der Waals surface area contributed by atoms with E-state index in [2.05, 4.69) is 31.2 Å². The minimum Gasteiger partial charge on any atom is -0.0845 e. The Bertz CT molecular complexity index is 307. The lowest BCUT2D eigenvalue weighted by atomic mass is 10.0. The van der Waals surface area contributed by atoms with Crippen molar-refractivity contribution in [1.29, 1.82) is 0 Å². The first kappa shape index (κ1) is 15.0. The largest absolute Gasteiger partial charge is 0.0845 e. The lowest BCUT2D eigenvalue weighted by molar-refractivity contribution is 0.686. The molecule has 0 saturated carbocycles. The molecule has 0 nitrogen and oxygen atoms in total. The van der Waals surface area contributed by atoms with Gasteiger partial charge in [0.15, 0.2) is 0 Å². The van der Waals surface area contributed by atoms with Crippen LogP contribution in [0.15, 0.2) is 30.3 Å². The topological polar surface area (TPSA) is 0 Å². The summed E-state index contributed by atoms with van der Waals surface area (Å²) in [4.78, 5) is 0. The number of rotatable bonds is 10. The molecule has 0 fully saturated rings. The summed E-state index contributed by atoms with van der Waals surface area (Å²) in [6.07, 6.45) is 13.0. The Morgan fingerprint density at radius 3 is 1.89 bits per heavy atom. The van der Waals surface area contributed by atoms with E-state index in [4.69, 9.17) is 6.58 Å². The fraction of sp³-hybridized carbons (Fsp3) is 0.556. The van der Waals surface area contributed by atoms with Gasteiger partial charge < -0.3 is 0 Å². The minimum absolute atomic E-state index is 1.05. The molecule has 0 spiro atoms. The standard InChI is InChI=1S/C18H27/c1-3-5-7-8-10-12-18-15-13-17(14-16-18)11-9-6-4-2/h1,3,13-16H,4-12H2,2H3. The Balaban J connectivity index is 2.20. The van der Waals surface area contributed by atoms with Crippen LogP contribution in [-0.4, -0.2) is 0 Å². The molecule has 1 radical (unpaired) electrons. The summed E-state index contributed by atoms with van der Waals surface area (Å²) in [6, 6.07) is 9.21. The number of benzene rings is 1. The van der Waals surface area contributed by atoms with Gasteiger partial charge >= 0.3 is 0 Å². The second-order valence-electron chi connectivity index (χ2n) is 5.11. The molecular formula is C18H27. The van der Waals surface area contributed by atoms with Crippen LogP contribution in [0.25, 0.3) is 0 Å². The van der Waals surface area contributed by atoms with Crippen LogP contribution in [0.5, 0.6) is 0 Å². The fourth-order valence-corrected chi connectivity index (χ4v) is 2.22. The molecule has 1 aromatic rings. The smallest absolute Gasteiger partial charge is 0.0279 e. The average Bonchev–Trinajstić information content (AvgIpc) is 2.40. The number of unbranched alkanes of at least 4 members (excludes halogenated alkanes) is 5. The monoisotopic (exact) mass is 243 g/mol. The molecule has 0 bridgehead atoms. The van der Waals surface area contributed by atoms with Crippen LogP contribution in [0.1, 0.15) is 63.0 Å². The van der Waals surface area contributed by atoms with Crippen molar-refractivity contribution in [2.45, 2.75) is 64.7 Å². The van der Waals surface area contributed by atoms with Gasteiger partial charge in [-0.25, -0.2) is 0 Å². The van der Waals surface area contributed by atoms with Gasteiger partial charge in [0.25, 0.3) is 0 Å². The average molecular weight is 243 g/mol. The number of hydrogen-bond donors (Lipinski definition) is 0. The number of hydrogen-bond acceptors (Lipinski definition) is 0. The summed E-state index contributed by atoms with van der Waals surface area (Å²) in [6.45, 7) is 7.62. The van der Waals surface area contributed by atoms with Crippen LogP contribution >= 0.6 is 0 Å². The highest BCUT2D eigenvalue weighted by molar-refractivity contribution is 5.22. The number of aryl methyl sites for hydroxylation is 2. The van der Waals surface area contributed by atoms with Crippen LogP contribution in [0, 0.1) is 6.58 Å². The predicted molar refractivity (Wildman–Crippen MR) is 80.7 cm³/mol. The van der Waals surface area contributed by atoms with E-state index >= 15 is 0 Å². The van der Waals surface area contributed by atoms with Crippen LogP contribution < -0.4 is 0 Å². The highest BCUT2D eigenvalue weighted by Crippen LogP contribution is 2.12. The molecule has 0 heteroatoms. The van der Waals surface area contributed by atoms with E-state index in [1.807, 2.05) is 0 Å². The predicted octanol–water partition coefficient (Wildman–Crippen LogP) is 5.51. The third kappa shape index (κ3) is 6.64. The molecule has 0 N–H and O–H groups in total. The van der Waals surface area contributed by atoms with E-state index in [0.717, 1.165) is 6.42 Å². The van der Waals surface area contributed by atoms with Crippen molar-refractivity contribution in [1.82, 2.24) is 0 Å². The second kappa shape index (κ2) is 9.94. The highest BCUT2D eigenvalue weighted by atomic mass is 14.0. The quantitative estimate of drug-likeness (QED) is 0.475. The lowest BCUT2D eigenvalue weighted by Crippen LogP contribution is -1.89. The van der Waals surface area contributed by atoms with Crippen molar-refractivity contribution in [2.24, 2.45) is 0 Å². The first-order valence-electron chi connectivity index (χ1n) is 7.48. The molecule has 0 aromatic heterocycles. The summed E-state index contributed by atoms with van der Waals surface area (Å²) < 4.78 is 0. The second-order valence-corrected chi connectivity index (χ2v) is 5.11. The van der Waals surface area contributed by atoms with Crippen molar-refractivity contribution < 1.29 is 0 Å². The normalized spacial score (nSPS) is 10.5. The van der Waals surface area contributed by atoms with Gasteiger partial charge in [-0.3, -0.25) is 0 Å². The zero-order valence-corrected chi connectivity index (χ0v) is 11.8. The van der Waals surface area contributed by atoms with E-state index in [-0.39, 0.29) is 0 Å². The fourth-order valence-electron chi connectivity index (χ4n) is 2.22. The van der Waals surface area contributed by atoms with E-state index < -0.39 is 0 Å². The van der Waals surface area contributed by atoms with Crippen molar-refractivity contribution in [2.75, 3.05) is 0 Å². The van der Waals surface area contributed by atoms with Gasteiger partial charge in [-0.05, 0) is 49.7 Å². The van der Waals surface area contributed by atoms with Gasteiger partial charge in [0.1, 0.15) is 0 Å². The molecule has 0 saturated heterocycles. The molecule has 0 amide bonds. The van der Waals surface area contributed by atoms with Crippen LogP contribution in [0.2, 0.25) is 0 Å². The van der Waals surface area contributed by atoms with Gasteiger partial charge in [-0.1, -0.05) is 63.1 Å². The maximum Gasteiger partial charge on any atom is -0.0279 e. The molecule has 0 atom stereocenters. The van der Waals surface area contributed by atoms with Crippen molar-refractivity contribution in [3.63, 3.8) is 0 Å². The summed E-state index contributed by atoms with van der Waals surface area (Å²) >= 11 is 0. The Labute approximate surface area is 113 Å². The Kier molecular flexibility index (Phi) is 8.29. The van der Waals surface area contributed by atoms with E-state index in [1.54, 1.807) is 6.08 Å². The highest BCUT2D eigenvalue weighted by Gasteiger charge is 1.96. The van der Waals surface area contributed by atoms with Gasteiger partial charge in [-0.15, -0.1) is 0 Å². The Morgan fingerprint density at radius 1 is 0.833 bits per heavy atom. The summed E-state index contributed by atoms with van der Waals surface area (Å²) in [5.74, 6) is 0. The van der Waals surface area contributed by atoms with Crippen LogP contribution in [0.4, 0.5) is 0 Å². The molecule has 0 aliphatic heterocycles. The molecule has 18 heavy (non-hydrogen) atoms. The Hall–Kier alpha value is -1.04. The molecule has 0 aliphatic rings. The summed E-state index contributed by atoms with van der Waals surface area (Å²) in [7, 11) is 0. The van der Waals surface area contributed by atoms with Crippen molar-refractivity contribution in [3.8, 4) is 0 Å². The first-order chi connectivity index (χ1) is 8.86. The molecular weight excluding hydrogens is 216 g/mol. The van der Waals surface area contributed by atoms with Gasteiger partial charge in [0.2, 0.25) is 0 Å². The lowest BCUT2D eigenvalue weighted by Gasteiger charge is -2.04. The van der Waals surface area contributed by atoms with Crippen LogP contribution in [0.3, 0.4) is 0 Å². The summed E-state index contributed by atoms with van der Waals surface area (Å²) in [5.41, 5.74) is 2.97. The van der Waals surface area contributed by atoms with E-state index in [9.17, 15) is 0 Å². The van der Waals surface area contributed by atoms with Gasteiger partial charge in [0, 0.05) is 0 Å². The molecule has 1 rings (SSSR count). The zero-order chi connectivity index (χ0) is 13.1. The molecule has 0 aliphatic carbocycles. The molecule has 99 valence electrons. The van der Waals surface area contributed by atoms with Crippen LogP contribution in [-0.2, 0) is 12.8 Å². The molecule has 0 unspecified atom stereocenters.